The molecule has 1 aromatic rings. The Kier molecular flexibility index (Phi) is 4.77. The molecule has 1 aromatic carbocycles. The molecule has 116 valence electrons. The van der Waals surface area contributed by atoms with Crippen molar-refractivity contribution in [2.75, 3.05) is 13.2 Å². The molecule has 0 spiro atoms. The van der Waals surface area contributed by atoms with Gasteiger partial charge in [0.1, 0.15) is 5.57 Å². The Hall–Kier alpha value is -2.41. The Bertz CT molecular complexity index is 670. The van der Waals surface area contributed by atoms with Crippen LogP contribution in [-0.2, 0) is 9.59 Å². The topological polar surface area (TPSA) is 78.9 Å². The Labute approximate surface area is 133 Å². The van der Waals surface area contributed by atoms with Gasteiger partial charge in [-0.1, -0.05) is 6.07 Å². The molecule has 1 saturated heterocycles. The monoisotopic (exact) mass is 320 g/mol. The van der Waals surface area contributed by atoms with E-state index in [1.165, 1.54) is 17.0 Å². The number of carbonyl (C=O) groups excluding carboxylic acids is 2. The molecule has 2 rings (SSSR count). The zero-order valence-corrected chi connectivity index (χ0v) is 13.1. The van der Waals surface area contributed by atoms with Crippen molar-refractivity contribution in [1.29, 1.82) is 0 Å². The van der Waals surface area contributed by atoms with Gasteiger partial charge in [-0.3, -0.25) is 19.8 Å². The minimum atomic E-state index is -0.536. The van der Waals surface area contributed by atoms with Crippen molar-refractivity contribution < 1.29 is 19.4 Å². The second kappa shape index (κ2) is 6.57. The van der Waals surface area contributed by atoms with Gasteiger partial charge in [-0.2, -0.15) is 0 Å². The van der Waals surface area contributed by atoms with E-state index in [0.29, 0.717) is 24.5 Å². The van der Waals surface area contributed by atoms with Crippen LogP contribution in [-0.4, -0.2) is 40.1 Å². The van der Waals surface area contributed by atoms with Gasteiger partial charge in [-0.05, 0) is 49.8 Å². The molecule has 0 aliphatic carbocycles. The molecule has 0 aromatic heterocycles. The summed E-state index contributed by atoms with van der Waals surface area (Å²) in [6.45, 7) is 4.33. The van der Waals surface area contributed by atoms with Gasteiger partial charge in [0.25, 0.3) is 11.8 Å². The van der Waals surface area contributed by atoms with Gasteiger partial charge in [-0.25, -0.2) is 0 Å². The summed E-state index contributed by atoms with van der Waals surface area (Å²) in [5, 5.41) is 12.3. The lowest BCUT2D eigenvalue weighted by atomic mass is 10.1. The summed E-state index contributed by atoms with van der Waals surface area (Å²) in [4.78, 5) is 25.6. The molecular weight excluding hydrogens is 304 g/mol. The molecule has 7 heteroatoms. The van der Waals surface area contributed by atoms with Gasteiger partial charge < -0.3 is 9.84 Å². The van der Waals surface area contributed by atoms with Crippen LogP contribution in [0.1, 0.15) is 19.4 Å². The first-order valence-corrected chi connectivity index (χ1v) is 7.23. The fourth-order valence-electron chi connectivity index (χ4n) is 2.04. The van der Waals surface area contributed by atoms with Crippen LogP contribution in [0, 0.1) is 0 Å². The van der Waals surface area contributed by atoms with E-state index < -0.39 is 11.8 Å². The van der Waals surface area contributed by atoms with Gasteiger partial charge in [0.05, 0.1) is 6.61 Å². The number of nitrogens with zero attached hydrogens (tertiary/aromatic N) is 1. The minimum absolute atomic E-state index is 0.000199. The summed E-state index contributed by atoms with van der Waals surface area (Å²) in [5.41, 5.74) is 0.562. The van der Waals surface area contributed by atoms with Crippen molar-refractivity contribution in [1.82, 2.24) is 10.2 Å². The standard InChI is InChI=1S/C15H16N2O4S/c1-3-17-14(20)10(13(19)16-15(17)22)7-9-5-6-11(18)12(8-9)21-4-2/h5-8,18H,3-4H2,1-2H3,(H,16,19,22). The highest BCUT2D eigenvalue weighted by molar-refractivity contribution is 7.80. The fraction of sp³-hybridized carbons (Fsp3) is 0.267. The third-order valence-electron chi connectivity index (χ3n) is 3.10. The van der Waals surface area contributed by atoms with Crippen LogP contribution in [0.3, 0.4) is 0 Å². The number of carbonyl (C=O) groups is 2. The average Bonchev–Trinajstić information content (AvgIpc) is 2.47. The number of hydrogen-bond acceptors (Lipinski definition) is 5. The molecule has 2 amide bonds. The van der Waals surface area contributed by atoms with E-state index >= 15 is 0 Å². The van der Waals surface area contributed by atoms with Crippen LogP contribution in [0.5, 0.6) is 11.5 Å². The molecular formula is C15H16N2O4S. The number of amides is 2. The van der Waals surface area contributed by atoms with Gasteiger partial charge in [0, 0.05) is 6.54 Å². The highest BCUT2D eigenvalue weighted by Crippen LogP contribution is 2.28. The second-order valence-corrected chi connectivity index (χ2v) is 4.91. The molecule has 2 N–H and O–H groups in total. The van der Waals surface area contributed by atoms with Crippen molar-refractivity contribution in [3.05, 3.63) is 29.3 Å². The van der Waals surface area contributed by atoms with E-state index in [1.54, 1.807) is 26.0 Å². The highest BCUT2D eigenvalue weighted by atomic mass is 32.1. The molecule has 0 bridgehead atoms. The molecule has 1 aliphatic rings. The number of aromatic hydroxyl groups is 1. The third-order valence-corrected chi connectivity index (χ3v) is 3.42. The quantitative estimate of drug-likeness (QED) is 0.498. The van der Waals surface area contributed by atoms with Gasteiger partial charge in [-0.15, -0.1) is 0 Å². The Morgan fingerprint density at radius 1 is 1.36 bits per heavy atom. The van der Waals surface area contributed by atoms with E-state index in [0.717, 1.165) is 0 Å². The lowest BCUT2D eigenvalue weighted by Gasteiger charge is -2.27. The smallest absolute Gasteiger partial charge is 0.265 e. The summed E-state index contributed by atoms with van der Waals surface area (Å²) < 4.78 is 5.28. The van der Waals surface area contributed by atoms with Crippen molar-refractivity contribution in [2.24, 2.45) is 0 Å². The summed E-state index contributed by atoms with van der Waals surface area (Å²) in [5.74, 6) is -0.684. The summed E-state index contributed by atoms with van der Waals surface area (Å²) in [7, 11) is 0. The maximum absolute atomic E-state index is 12.3. The SMILES string of the molecule is CCOc1cc(C=C2C(=O)NC(=S)N(CC)C2=O)ccc1O. The maximum atomic E-state index is 12.3. The van der Waals surface area contributed by atoms with Crippen LogP contribution >= 0.6 is 12.2 Å². The first-order chi connectivity index (χ1) is 10.5. The molecule has 1 fully saturated rings. The number of ether oxygens (including phenoxy) is 1. The Balaban J connectivity index is 2.39. The number of nitrogens with one attached hydrogen (secondary N) is 1. The van der Waals surface area contributed by atoms with E-state index in [4.69, 9.17) is 17.0 Å². The molecule has 0 atom stereocenters. The molecule has 22 heavy (non-hydrogen) atoms. The zero-order valence-electron chi connectivity index (χ0n) is 12.3. The molecule has 0 unspecified atom stereocenters. The molecule has 1 aliphatic heterocycles. The van der Waals surface area contributed by atoms with Gasteiger partial charge in [0.2, 0.25) is 0 Å². The largest absolute Gasteiger partial charge is 0.504 e. The number of rotatable bonds is 4. The Morgan fingerprint density at radius 2 is 2.09 bits per heavy atom. The number of hydrogen-bond donors (Lipinski definition) is 2. The number of phenolic OH excluding ortho intramolecular Hbond substituents is 1. The molecule has 0 radical (unpaired) electrons. The molecule has 0 saturated carbocycles. The van der Waals surface area contributed by atoms with Crippen LogP contribution < -0.4 is 10.1 Å². The van der Waals surface area contributed by atoms with Crippen molar-refractivity contribution in [3.8, 4) is 11.5 Å². The summed E-state index contributed by atoms with van der Waals surface area (Å²) in [6.07, 6.45) is 1.45. The lowest BCUT2D eigenvalue weighted by Crippen LogP contribution is -2.53. The maximum Gasteiger partial charge on any atom is 0.265 e. The minimum Gasteiger partial charge on any atom is -0.504 e. The lowest BCUT2D eigenvalue weighted by molar-refractivity contribution is -0.128. The first kappa shape index (κ1) is 16.0. The Morgan fingerprint density at radius 3 is 2.73 bits per heavy atom. The zero-order chi connectivity index (χ0) is 16.3. The summed E-state index contributed by atoms with van der Waals surface area (Å²) >= 11 is 4.96. The second-order valence-electron chi connectivity index (χ2n) is 4.53. The fourth-order valence-corrected chi connectivity index (χ4v) is 2.34. The van der Waals surface area contributed by atoms with Crippen LogP contribution in [0.2, 0.25) is 0 Å². The number of phenols is 1. The van der Waals surface area contributed by atoms with Crippen LogP contribution in [0.25, 0.3) is 6.08 Å². The normalized spacial score (nSPS) is 16.9. The summed E-state index contributed by atoms with van der Waals surface area (Å²) in [6, 6.07) is 4.61. The first-order valence-electron chi connectivity index (χ1n) is 6.82. The molecule has 6 nitrogen and oxygen atoms in total. The average molecular weight is 320 g/mol. The predicted octanol–water partition coefficient (Wildman–Crippen LogP) is 1.44. The highest BCUT2D eigenvalue weighted by Gasteiger charge is 2.32. The van der Waals surface area contributed by atoms with Crippen LogP contribution in [0.4, 0.5) is 0 Å². The van der Waals surface area contributed by atoms with Gasteiger partial charge >= 0.3 is 0 Å². The third kappa shape index (κ3) is 3.09. The van der Waals surface area contributed by atoms with E-state index in [-0.39, 0.29) is 16.4 Å². The number of thiocarbonyl (C=S) groups is 1. The van der Waals surface area contributed by atoms with E-state index in [2.05, 4.69) is 5.32 Å². The van der Waals surface area contributed by atoms with E-state index in [1.807, 2.05) is 0 Å². The van der Waals surface area contributed by atoms with Gasteiger partial charge in [0.15, 0.2) is 16.6 Å². The predicted molar refractivity (Wildman–Crippen MR) is 85.4 cm³/mol. The van der Waals surface area contributed by atoms with E-state index in [9.17, 15) is 14.7 Å². The molecule has 1 heterocycles. The number of likely N-dealkylation sites (N-methyl/N-ethyl adjacent to an activating group) is 1. The van der Waals surface area contributed by atoms with Crippen molar-refractivity contribution in [3.63, 3.8) is 0 Å². The van der Waals surface area contributed by atoms with Crippen molar-refractivity contribution >= 4 is 35.2 Å². The van der Waals surface area contributed by atoms with Crippen molar-refractivity contribution in [2.45, 2.75) is 13.8 Å². The number of benzene rings is 1. The van der Waals surface area contributed by atoms with Crippen LogP contribution in [0.15, 0.2) is 23.8 Å².